The minimum Gasteiger partial charge on any atom is -0.351 e. The lowest BCUT2D eigenvalue weighted by Crippen LogP contribution is -2.48. The third-order valence-corrected chi connectivity index (χ3v) is 2.41. The van der Waals surface area contributed by atoms with Crippen molar-refractivity contribution in [1.29, 1.82) is 0 Å². The lowest BCUT2D eigenvalue weighted by molar-refractivity contribution is -0.124. The first kappa shape index (κ1) is 12.6. The Hall–Kier alpha value is -1.42. The number of carbonyl (C=O) groups is 1. The molecule has 1 aromatic heterocycles. The van der Waals surface area contributed by atoms with Gasteiger partial charge in [-0.05, 0) is 17.0 Å². The van der Waals surface area contributed by atoms with Crippen molar-refractivity contribution in [3.05, 3.63) is 30.1 Å². The highest BCUT2D eigenvalue weighted by atomic mass is 16.2. The molecule has 0 saturated heterocycles. The lowest BCUT2D eigenvalue weighted by atomic mass is 9.87. The maximum atomic E-state index is 11.7. The molecule has 1 amide bonds. The number of pyridine rings is 1. The van der Waals surface area contributed by atoms with E-state index >= 15 is 0 Å². The summed E-state index contributed by atoms with van der Waals surface area (Å²) in [5.41, 5.74) is 6.58. The average molecular weight is 221 g/mol. The quantitative estimate of drug-likeness (QED) is 0.802. The molecule has 0 aromatic carbocycles. The van der Waals surface area contributed by atoms with Gasteiger partial charge in [0.2, 0.25) is 5.91 Å². The smallest absolute Gasteiger partial charge is 0.237 e. The third kappa shape index (κ3) is 3.62. The number of nitrogens with zero attached hydrogens (tertiary/aromatic N) is 1. The molecule has 4 nitrogen and oxygen atoms in total. The van der Waals surface area contributed by atoms with Crippen molar-refractivity contribution in [1.82, 2.24) is 10.3 Å². The fourth-order valence-electron chi connectivity index (χ4n) is 1.20. The van der Waals surface area contributed by atoms with E-state index < -0.39 is 6.04 Å². The number of carbonyl (C=O) groups excluding carboxylic acids is 1. The summed E-state index contributed by atoms with van der Waals surface area (Å²) in [5, 5.41) is 2.80. The zero-order valence-corrected chi connectivity index (χ0v) is 10.0. The highest BCUT2D eigenvalue weighted by molar-refractivity contribution is 5.82. The van der Waals surface area contributed by atoms with E-state index in [2.05, 4.69) is 10.3 Å². The molecule has 1 rings (SSSR count). The van der Waals surface area contributed by atoms with E-state index in [1.54, 1.807) is 12.4 Å². The van der Waals surface area contributed by atoms with E-state index in [1.165, 1.54) is 0 Å². The highest BCUT2D eigenvalue weighted by Gasteiger charge is 2.26. The maximum absolute atomic E-state index is 11.7. The summed E-state index contributed by atoms with van der Waals surface area (Å²) < 4.78 is 0. The predicted octanol–water partition coefficient (Wildman–Crippen LogP) is 1.07. The van der Waals surface area contributed by atoms with E-state index in [0.29, 0.717) is 6.54 Å². The van der Waals surface area contributed by atoms with Crippen LogP contribution in [-0.4, -0.2) is 16.9 Å². The topological polar surface area (TPSA) is 68.0 Å². The second-order valence-corrected chi connectivity index (χ2v) is 4.92. The Labute approximate surface area is 96.3 Å². The number of nitrogens with two attached hydrogens (primary N) is 1. The molecule has 0 unspecified atom stereocenters. The van der Waals surface area contributed by atoms with Crippen LogP contribution in [0, 0.1) is 5.41 Å². The number of aromatic nitrogens is 1. The van der Waals surface area contributed by atoms with Gasteiger partial charge in [0.25, 0.3) is 0 Å². The first-order chi connectivity index (χ1) is 7.41. The van der Waals surface area contributed by atoms with Crippen LogP contribution in [0.4, 0.5) is 0 Å². The van der Waals surface area contributed by atoms with Crippen LogP contribution in [0.3, 0.4) is 0 Å². The van der Waals surface area contributed by atoms with Crippen LogP contribution in [0.15, 0.2) is 24.5 Å². The van der Waals surface area contributed by atoms with Crippen LogP contribution in [-0.2, 0) is 11.3 Å². The lowest BCUT2D eigenvalue weighted by Gasteiger charge is -2.25. The fourth-order valence-corrected chi connectivity index (χ4v) is 1.20. The first-order valence-corrected chi connectivity index (χ1v) is 5.33. The molecule has 0 saturated carbocycles. The van der Waals surface area contributed by atoms with E-state index in [9.17, 15) is 4.79 Å². The number of nitrogens with one attached hydrogen (secondary N) is 1. The molecule has 0 aliphatic heterocycles. The van der Waals surface area contributed by atoms with Gasteiger partial charge in [0.05, 0.1) is 6.04 Å². The molecule has 3 N–H and O–H groups in total. The molecule has 4 heteroatoms. The van der Waals surface area contributed by atoms with Gasteiger partial charge in [0.1, 0.15) is 0 Å². The third-order valence-electron chi connectivity index (χ3n) is 2.41. The van der Waals surface area contributed by atoms with Crippen LogP contribution < -0.4 is 11.1 Å². The number of hydrogen-bond donors (Lipinski definition) is 2. The van der Waals surface area contributed by atoms with E-state index in [1.807, 2.05) is 32.9 Å². The van der Waals surface area contributed by atoms with Crippen molar-refractivity contribution in [3.8, 4) is 0 Å². The van der Waals surface area contributed by atoms with Crippen LogP contribution in [0.1, 0.15) is 26.3 Å². The molecular weight excluding hydrogens is 202 g/mol. The Morgan fingerprint density at radius 2 is 2.25 bits per heavy atom. The summed E-state index contributed by atoms with van der Waals surface area (Å²) in [4.78, 5) is 15.7. The van der Waals surface area contributed by atoms with Gasteiger partial charge >= 0.3 is 0 Å². The van der Waals surface area contributed by atoms with Crippen LogP contribution in [0.25, 0.3) is 0 Å². The summed E-state index contributed by atoms with van der Waals surface area (Å²) in [6.07, 6.45) is 3.43. The minimum absolute atomic E-state index is 0.128. The second kappa shape index (κ2) is 5.07. The SMILES string of the molecule is CC(C)(C)[C@H](N)C(=O)NCc1cccnc1. The van der Waals surface area contributed by atoms with Crippen molar-refractivity contribution in [2.75, 3.05) is 0 Å². The Morgan fingerprint density at radius 3 is 2.75 bits per heavy atom. The molecule has 0 aliphatic carbocycles. The maximum Gasteiger partial charge on any atom is 0.237 e. The molecular formula is C12H19N3O. The Kier molecular flexibility index (Phi) is 4.01. The monoisotopic (exact) mass is 221 g/mol. The van der Waals surface area contributed by atoms with Gasteiger partial charge in [-0.15, -0.1) is 0 Å². The van der Waals surface area contributed by atoms with E-state index in [4.69, 9.17) is 5.73 Å². The largest absolute Gasteiger partial charge is 0.351 e. The van der Waals surface area contributed by atoms with Crippen molar-refractivity contribution in [2.24, 2.45) is 11.1 Å². The molecule has 88 valence electrons. The minimum atomic E-state index is -0.496. The zero-order valence-electron chi connectivity index (χ0n) is 10.0. The van der Waals surface area contributed by atoms with E-state index in [-0.39, 0.29) is 11.3 Å². The van der Waals surface area contributed by atoms with Crippen molar-refractivity contribution >= 4 is 5.91 Å². The van der Waals surface area contributed by atoms with Gasteiger partial charge in [-0.2, -0.15) is 0 Å². The fraction of sp³-hybridized carbons (Fsp3) is 0.500. The van der Waals surface area contributed by atoms with E-state index in [0.717, 1.165) is 5.56 Å². The van der Waals surface area contributed by atoms with Gasteiger partial charge in [-0.3, -0.25) is 9.78 Å². The molecule has 0 fully saturated rings. The van der Waals surface area contributed by atoms with Crippen LogP contribution in [0.2, 0.25) is 0 Å². The molecule has 16 heavy (non-hydrogen) atoms. The Balaban J connectivity index is 2.48. The van der Waals surface area contributed by atoms with Gasteiger partial charge < -0.3 is 11.1 Å². The second-order valence-electron chi connectivity index (χ2n) is 4.92. The molecule has 0 radical (unpaired) electrons. The first-order valence-electron chi connectivity index (χ1n) is 5.33. The zero-order chi connectivity index (χ0) is 12.2. The number of amides is 1. The normalized spacial score (nSPS) is 13.2. The van der Waals surface area contributed by atoms with Crippen LogP contribution >= 0.6 is 0 Å². The van der Waals surface area contributed by atoms with Crippen molar-refractivity contribution < 1.29 is 4.79 Å². The number of rotatable bonds is 3. The average Bonchev–Trinajstić information content (AvgIpc) is 2.25. The van der Waals surface area contributed by atoms with Gasteiger partial charge in [0, 0.05) is 18.9 Å². The summed E-state index contributed by atoms with van der Waals surface area (Å²) in [5.74, 6) is -0.128. The summed E-state index contributed by atoms with van der Waals surface area (Å²) in [6, 6.07) is 3.25. The van der Waals surface area contributed by atoms with Crippen LogP contribution in [0.5, 0.6) is 0 Å². The molecule has 0 bridgehead atoms. The molecule has 1 heterocycles. The van der Waals surface area contributed by atoms with Gasteiger partial charge in [-0.25, -0.2) is 0 Å². The Morgan fingerprint density at radius 1 is 1.56 bits per heavy atom. The standard InChI is InChI=1S/C12H19N3O/c1-12(2,3)10(13)11(16)15-8-9-5-4-6-14-7-9/h4-7,10H,8,13H2,1-3H3,(H,15,16)/t10-/m1/s1. The molecule has 0 spiro atoms. The summed E-state index contributed by atoms with van der Waals surface area (Å²) in [6.45, 7) is 6.31. The summed E-state index contributed by atoms with van der Waals surface area (Å²) in [7, 11) is 0. The predicted molar refractivity (Wildman–Crippen MR) is 63.5 cm³/mol. The van der Waals surface area contributed by atoms with Gasteiger partial charge in [0.15, 0.2) is 0 Å². The molecule has 0 aliphatic rings. The number of hydrogen-bond acceptors (Lipinski definition) is 3. The Bertz CT molecular complexity index is 343. The highest BCUT2D eigenvalue weighted by Crippen LogP contribution is 2.17. The van der Waals surface area contributed by atoms with Gasteiger partial charge in [-0.1, -0.05) is 26.8 Å². The summed E-state index contributed by atoms with van der Waals surface area (Å²) >= 11 is 0. The van der Waals surface area contributed by atoms with Crippen molar-refractivity contribution in [3.63, 3.8) is 0 Å². The molecule has 1 aromatic rings. The van der Waals surface area contributed by atoms with Crippen molar-refractivity contribution in [2.45, 2.75) is 33.4 Å². The molecule has 1 atom stereocenters.